The lowest BCUT2D eigenvalue weighted by atomic mass is 9.77. The summed E-state index contributed by atoms with van der Waals surface area (Å²) in [5, 5.41) is 0. The van der Waals surface area contributed by atoms with Gasteiger partial charge in [0, 0.05) is 64.1 Å². The molecule has 2 amide bonds. The molecule has 1 aromatic rings. The van der Waals surface area contributed by atoms with E-state index >= 15 is 0 Å². The molecule has 24 heavy (non-hydrogen) atoms. The number of amides is 2. The fourth-order valence-corrected chi connectivity index (χ4v) is 3.68. The lowest BCUT2D eigenvalue weighted by Gasteiger charge is -2.38. The molecule has 2 fully saturated rings. The molecule has 0 N–H and O–H groups in total. The molecular weight excluding hydrogens is 308 g/mol. The Morgan fingerprint density at radius 3 is 2.79 bits per heavy atom. The minimum atomic E-state index is -0.0702. The molecule has 2 aliphatic heterocycles. The van der Waals surface area contributed by atoms with Gasteiger partial charge in [0.1, 0.15) is 5.69 Å². The Bertz CT molecular complexity index is 585. The van der Waals surface area contributed by atoms with Crippen LogP contribution < -0.4 is 0 Å². The Hall–Kier alpha value is -2.02. The molecule has 7 heteroatoms. The van der Waals surface area contributed by atoms with Crippen LogP contribution in [-0.4, -0.2) is 71.5 Å². The van der Waals surface area contributed by atoms with Crippen LogP contribution in [0.5, 0.6) is 0 Å². The van der Waals surface area contributed by atoms with Crippen molar-refractivity contribution in [3.63, 3.8) is 0 Å². The molecule has 0 aromatic carbocycles. The number of carbonyl (C=O) groups is 2. The molecular formula is C17H24N4O3. The summed E-state index contributed by atoms with van der Waals surface area (Å²) in [6, 6.07) is 0. The van der Waals surface area contributed by atoms with Crippen LogP contribution >= 0.6 is 0 Å². The van der Waals surface area contributed by atoms with Crippen molar-refractivity contribution in [1.29, 1.82) is 0 Å². The van der Waals surface area contributed by atoms with Gasteiger partial charge in [-0.25, -0.2) is 4.98 Å². The van der Waals surface area contributed by atoms with Crippen molar-refractivity contribution in [2.45, 2.75) is 25.7 Å². The number of likely N-dealkylation sites (tertiary alicyclic amines) is 2. The zero-order valence-electron chi connectivity index (χ0n) is 14.1. The summed E-state index contributed by atoms with van der Waals surface area (Å²) < 4.78 is 5.06. The maximum Gasteiger partial charge on any atom is 0.274 e. The van der Waals surface area contributed by atoms with Crippen molar-refractivity contribution in [1.82, 2.24) is 19.8 Å². The predicted molar refractivity (Wildman–Crippen MR) is 87.3 cm³/mol. The van der Waals surface area contributed by atoms with Crippen molar-refractivity contribution in [2.75, 3.05) is 39.9 Å². The third-order valence-electron chi connectivity index (χ3n) is 5.08. The van der Waals surface area contributed by atoms with Gasteiger partial charge in [-0.3, -0.25) is 14.6 Å². The molecule has 1 spiro atoms. The van der Waals surface area contributed by atoms with Crippen LogP contribution in [-0.2, 0) is 9.53 Å². The number of methoxy groups -OCH3 is 1. The summed E-state index contributed by atoms with van der Waals surface area (Å²) in [5.41, 5.74) is 0.417. The molecule has 2 saturated heterocycles. The number of nitrogens with zero attached hydrogens (tertiary/aromatic N) is 4. The highest BCUT2D eigenvalue weighted by Crippen LogP contribution is 2.41. The smallest absolute Gasteiger partial charge is 0.274 e. The van der Waals surface area contributed by atoms with Gasteiger partial charge in [-0.15, -0.1) is 0 Å². The normalized spacial score (nSPS) is 20.0. The van der Waals surface area contributed by atoms with Gasteiger partial charge in [0.2, 0.25) is 5.91 Å². The molecule has 1 aromatic heterocycles. The Morgan fingerprint density at radius 1 is 1.33 bits per heavy atom. The number of rotatable bonds is 5. The largest absolute Gasteiger partial charge is 0.385 e. The van der Waals surface area contributed by atoms with Crippen LogP contribution in [0, 0.1) is 5.41 Å². The Labute approximate surface area is 142 Å². The second kappa shape index (κ2) is 7.25. The molecule has 0 unspecified atom stereocenters. The average molecular weight is 332 g/mol. The van der Waals surface area contributed by atoms with Gasteiger partial charge in [-0.1, -0.05) is 0 Å². The maximum absolute atomic E-state index is 12.4. The molecule has 3 heterocycles. The molecule has 7 nitrogen and oxygen atoms in total. The quantitative estimate of drug-likeness (QED) is 0.751. The van der Waals surface area contributed by atoms with E-state index in [1.54, 1.807) is 13.3 Å². The fraction of sp³-hybridized carbons (Fsp3) is 0.647. The van der Waals surface area contributed by atoms with Gasteiger partial charge in [-0.2, -0.15) is 0 Å². The molecule has 3 rings (SSSR count). The van der Waals surface area contributed by atoms with Crippen LogP contribution in [0.4, 0.5) is 0 Å². The third kappa shape index (κ3) is 3.56. The zero-order valence-corrected chi connectivity index (χ0v) is 14.1. The second-order valence-electron chi connectivity index (χ2n) is 6.72. The summed E-state index contributed by atoms with van der Waals surface area (Å²) in [6.45, 7) is 3.60. The van der Waals surface area contributed by atoms with Gasteiger partial charge >= 0.3 is 0 Å². The SMILES string of the molecule is COCCCN1CC2(CCN(C(=O)c3cnccn3)CC2)CC1=O. The van der Waals surface area contributed by atoms with Crippen LogP contribution in [0.1, 0.15) is 36.2 Å². The van der Waals surface area contributed by atoms with Gasteiger partial charge in [0.25, 0.3) is 5.91 Å². The van der Waals surface area contributed by atoms with Gasteiger partial charge in [-0.05, 0) is 19.3 Å². The van der Waals surface area contributed by atoms with E-state index in [9.17, 15) is 9.59 Å². The first kappa shape index (κ1) is 16.8. The highest BCUT2D eigenvalue weighted by atomic mass is 16.5. The van der Waals surface area contributed by atoms with Gasteiger partial charge in [0.05, 0.1) is 6.20 Å². The molecule has 2 aliphatic rings. The van der Waals surface area contributed by atoms with Crippen molar-refractivity contribution in [3.8, 4) is 0 Å². The molecule has 0 radical (unpaired) electrons. The summed E-state index contributed by atoms with van der Waals surface area (Å²) in [4.78, 5) is 36.5. The Morgan fingerprint density at radius 2 is 2.12 bits per heavy atom. The van der Waals surface area contributed by atoms with E-state index in [-0.39, 0.29) is 17.2 Å². The van der Waals surface area contributed by atoms with Crippen LogP contribution in [0.15, 0.2) is 18.6 Å². The highest BCUT2D eigenvalue weighted by molar-refractivity contribution is 5.92. The van der Waals surface area contributed by atoms with Crippen molar-refractivity contribution >= 4 is 11.8 Å². The van der Waals surface area contributed by atoms with Crippen LogP contribution in [0.25, 0.3) is 0 Å². The van der Waals surface area contributed by atoms with E-state index in [2.05, 4.69) is 9.97 Å². The van der Waals surface area contributed by atoms with Crippen molar-refractivity contribution in [2.24, 2.45) is 5.41 Å². The van der Waals surface area contributed by atoms with E-state index in [4.69, 9.17) is 4.74 Å². The first-order valence-corrected chi connectivity index (χ1v) is 8.46. The van der Waals surface area contributed by atoms with Gasteiger partial charge < -0.3 is 14.5 Å². The molecule has 130 valence electrons. The zero-order chi connectivity index (χ0) is 17.0. The fourth-order valence-electron chi connectivity index (χ4n) is 3.68. The van der Waals surface area contributed by atoms with Crippen LogP contribution in [0.2, 0.25) is 0 Å². The summed E-state index contributed by atoms with van der Waals surface area (Å²) >= 11 is 0. The molecule has 0 atom stereocenters. The minimum absolute atomic E-state index is 0.0311. The number of aromatic nitrogens is 2. The van der Waals surface area contributed by atoms with E-state index < -0.39 is 0 Å². The minimum Gasteiger partial charge on any atom is -0.385 e. The molecule has 0 saturated carbocycles. The highest BCUT2D eigenvalue weighted by Gasteiger charge is 2.45. The van der Waals surface area contributed by atoms with E-state index in [0.29, 0.717) is 31.8 Å². The average Bonchev–Trinajstić information content (AvgIpc) is 2.91. The number of hydrogen-bond donors (Lipinski definition) is 0. The topological polar surface area (TPSA) is 75.6 Å². The number of hydrogen-bond acceptors (Lipinski definition) is 5. The summed E-state index contributed by atoms with van der Waals surface area (Å²) in [7, 11) is 1.68. The molecule has 0 bridgehead atoms. The second-order valence-corrected chi connectivity index (χ2v) is 6.72. The standard InChI is InChI=1S/C17H24N4O3/c1-24-10-2-7-21-13-17(11-15(21)22)3-8-20(9-4-17)16(23)14-12-18-5-6-19-14/h5-6,12H,2-4,7-11,13H2,1H3. The number of ether oxygens (including phenoxy) is 1. The van der Waals surface area contributed by atoms with E-state index in [1.165, 1.54) is 12.4 Å². The van der Waals surface area contributed by atoms with Gasteiger partial charge in [0.15, 0.2) is 0 Å². The summed E-state index contributed by atoms with van der Waals surface area (Å²) in [5.74, 6) is 0.166. The predicted octanol–water partition coefficient (Wildman–Crippen LogP) is 0.968. The lowest BCUT2D eigenvalue weighted by molar-refractivity contribution is -0.128. The van der Waals surface area contributed by atoms with Crippen molar-refractivity contribution in [3.05, 3.63) is 24.3 Å². The summed E-state index contributed by atoms with van der Waals surface area (Å²) in [6.07, 6.45) is 7.81. The van der Waals surface area contributed by atoms with Crippen molar-refractivity contribution < 1.29 is 14.3 Å². The third-order valence-corrected chi connectivity index (χ3v) is 5.08. The monoisotopic (exact) mass is 332 g/mol. The number of carbonyl (C=O) groups excluding carboxylic acids is 2. The molecule has 0 aliphatic carbocycles. The first-order valence-electron chi connectivity index (χ1n) is 8.46. The maximum atomic E-state index is 12.4. The Kier molecular flexibility index (Phi) is 5.08. The Balaban J connectivity index is 1.55. The first-order chi connectivity index (χ1) is 11.6. The lowest BCUT2D eigenvalue weighted by Crippen LogP contribution is -2.44. The van der Waals surface area contributed by atoms with E-state index in [0.717, 1.165) is 32.4 Å². The van der Waals surface area contributed by atoms with Crippen LogP contribution in [0.3, 0.4) is 0 Å². The number of piperidine rings is 1. The van der Waals surface area contributed by atoms with E-state index in [1.807, 2.05) is 9.80 Å².